The molecule has 6 nitrogen and oxygen atoms in total. The average Bonchev–Trinajstić information content (AvgIpc) is 2.95. The molecule has 1 aliphatic carbocycles. The Bertz CT molecular complexity index is 987. The molecule has 0 fully saturated rings. The Labute approximate surface area is 153 Å². The van der Waals surface area contributed by atoms with Crippen molar-refractivity contribution in [3.63, 3.8) is 0 Å². The van der Waals surface area contributed by atoms with Gasteiger partial charge in [-0.1, -0.05) is 18.2 Å². The summed E-state index contributed by atoms with van der Waals surface area (Å²) >= 11 is 0. The summed E-state index contributed by atoms with van der Waals surface area (Å²) in [7, 11) is 0. The number of hydrogen-bond acceptors (Lipinski definition) is 4. The molecule has 3 aromatic rings. The van der Waals surface area contributed by atoms with Gasteiger partial charge in [-0.05, 0) is 30.9 Å². The number of benzene rings is 1. The summed E-state index contributed by atoms with van der Waals surface area (Å²) in [4.78, 5) is 18.6. The number of nitrogens with zero attached hydrogens (tertiary/aromatic N) is 3. The van der Waals surface area contributed by atoms with E-state index in [4.69, 9.17) is 0 Å². The first-order valence-corrected chi connectivity index (χ1v) is 8.71. The van der Waals surface area contributed by atoms with Crippen molar-refractivity contribution in [2.24, 2.45) is 0 Å². The molecule has 2 aromatic heterocycles. The second-order valence-electron chi connectivity index (χ2n) is 6.65. The fraction of sp³-hybridized carbons (Fsp3) is 0.316. The lowest BCUT2D eigenvalue weighted by Gasteiger charge is -2.26. The summed E-state index contributed by atoms with van der Waals surface area (Å²) in [6, 6.07) is 7.51. The predicted octanol–water partition coefficient (Wildman–Crippen LogP) is 2.77. The zero-order valence-electron chi connectivity index (χ0n) is 14.4. The van der Waals surface area contributed by atoms with Gasteiger partial charge >= 0.3 is 5.97 Å². The van der Waals surface area contributed by atoms with Crippen molar-refractivity contribution in [3.8, 4) is 0 Å². The third-order valence-corrected chi connectivity index (χ3v) is 4.92. The number of hydrogen-bond donors (Lipinski definition) is 2. The number of para-hydroxylation sites is 1. The number of fused-ring (bicyclic) bond motifs is 3. The summed E-state index contributed by atoms with van der Waals surface area (Å²) in [5, 5.41) is 13.1. The summed E-state index contributed by atoms with van der Waals surface area (Å²) in [5.41, 5.74) is 2.91. The summed E-state index contributed by atoms with van der Waals surface area (Å²) < 4.78 is 29.2. The van der Waals surface area contributed by atoms with Gasteiger partial charge in [0.15, 0.2) is 11.6 Å². The van der Waals surface area contributed by atoms with E-state index in [0.717, 1.165) is 34.6 Å². The van der Waals surface area contributed by atoms with E-state index in [0.29, 0.717) is 19.3 Å². The summed E-state index contributed by atoms with van der Waals surface area (Å²) in [6.45, 7) is -0.0941. The topological polar surface area (TPSA) is 80.0 Å². The minimum atomic E-state index is -1.59. The second-order valence-corrected chi connectivity index (χ2v) is 6.65. The molecule has 140 valence electrons. The SMILES string of the molecule is O=C(O)Cn1c2c(c3ccccc31)C[C@H](N[C@H](F)c1ncc(F)cn1)CC2. The van der Waals surface area contributed by atoms with Crippen LogP contribution in [0.3, 0.4) is 0 Å². The monoisotopic (exact) mass is 372 g/mol. The maximum atomic E-state index is 14.5. The van der Waals surface area contributed by atoms with Gasteiger partial charge < -0.3 is 9.67 Å². The number of rotatable bonds is 5. The molecular weight excluding hydrogens is 354 g/mol. The average molecular weight is 372 g/mol. The smallest absolute Gasteiger partial charge is 0.323 e. The van der Waals surface area contributed by atoms with Crippen molar-refractivity contribution in [1.82, 2.24) is 19.9 Å². The molecule has 2 heterocycles. The van der Waals surface area contributed by atoms with Gasteiger partial charge in [0, 0.05) is 22.6 Å². The number of halogens is 2. The lowest BCUT2D eigenvalue weighted by atomic mass is 9.91. The van der Waals surface area contributed by atoms with Crippen molar-refractivity contribution in [2.75, 3.05) is 0 Å². The molecule has 0 saturated carbocycles. The molecule has 0 unspecified atom stereocenters. The quantitative estimate of drug-likeness (QED) is 0.673. The number of carboxylic acid groups (broad SMARTS) is 1. The number of carbonyl (C=O) groups is 1. The fourth-order valence-electron chi connectivity index (χ4n) is 3.79. The van der Waals surface area contributed by atoms with Gasteiger partial charge in [-0.25, -0.2) is 18.7 Å². The molecule has 8 heteroatoms. The maximum Gasteiger partial charge on any atom is 0.323 e. The number of nitrogens with one attached hydrogen (secondary N) is 1. The highest BCUT2D eigenvalue weighted by Crippen LogP contribution is 2.33. The Balaban J connectivity index is 1.59. The fourth-order valence-corrected chi connectivity index (χ4v) is 3.79. The van der Waals surface area contributed by atoms with Gasteiger partial charge in [0.2, 0.25) is 6.30 Å². The Hall–Kier alpha value is -2.87. The maximum absolute atomic E-state index is 14.5. The van der Waals surface area contributed by atoms with Crippen LogP contribution in [0.4, 0.5) is 8.78 Å². The second kappa shape index (κ2) is 7.03. The third kappa shape index (κ3) is 3.40. The van der Waals surface area contributed by atoms with Crippen LogP contribution >= 0.6 is 0 Å². The van der Waals surface area contributed by atoms with Crippen molar-refractivity contribution in [2.45, 2.75) is 38.1 Å². The van der Waals surface area contributed by atoms with E-state index in [9.17, 15) is 18.7 Å². The molecule has 1 aromatic carbocycles. The normalized spacial score (nSPS) is 17.6. The Kier molecular flexibility index (Phi) is 4.57. The van der Waals surface area contributed by atoms with Crippen molar-refractivity contribution < 1.29 is 18.7 Å². The number of aromatic nitrogens is 3. The molecule has 1 aliphatic rings. The Morgan fingerprint density at radius 1 is 1.33 bits per heavy atom. The van der Waals surface area contributed by atoms with E-state index in [1.807, 2.05) is 28.8 Å². The molecule has 2 atom stereocenters. The van der Waals surface area contributed by atoms with Crippen LogP contribution in [0.15, 0.2) is 36.7 Å². The van der Waals surface area contributed by atoms with Gasteiger partial charge in [0.25, 0.3) is 0 Å². The third-order valence-electron chi connectivity index (χ3n) is 4.92. The zero-order chi connectivity index (χ0) is 19.0. The minimum absolute atomic E-state index is 0.0941. The van der Waals surface area contributed by atoms with Crippen molar-refractivity contribution >= 4 is 16.9 Å². The highest BCUT2D eigenvalue weighted by Gasteiger charge is 2.28. The van der Waals surface area contributed by atoms with Gasteiger partial charge in [0.05, 0.1) is 12.4 Å². The Morgan fingerprint density at radius 3 is 2.81 bits per heavy atom. The zero-order valence-corrected chi connectivity index (χ0v) is 14.4. The van der Waals surface area contributed by atoms with E-state index < -0.39 is 18.1 Å². The molecule has 0 spiro atoms. The van der Waals surface area contributed by atoms with Crippen LogP contribution in [-0.4, -0.2) is 31.7 Å². The Morgan fingerprint density at radius 2 is 2.07 bits per heavy atom. The van der Waals surface area contributed by atoms with E-state index in [2.05, 4.69) is 15.3 Å². The lowest BCUT2D eigenvalue weighted by Crippen LogP contribution is -2.36. The first kappa shape index (κ1) is 17.5. The van der Waals surface area contributed by atoms with Crippen LogP contribution in [0.25, 0.3) is 10.9 Å². The molecule has 2 N–H and O–H groups in total. The van der Waals surface area contributed by atoms with Crippen molar-refractivity contribution in [1.29, 1.82) is 0 Å². The molecule has 0 aliphatic heterocycles. The van der Waals surface area contributed by atoms with E-state index in [-0.39, 0.29) is 18.4 Å². The van der Waals surface area contributed by atoms with Crippen LogP contribution in [0, 0.1) is 5.82 Å². The van der Waals surface area contributed by atoms with Crippen LogP contribution in [0.1, 0.15) is 29.8 Å². The molecular formula is C19H18F2N4O2. The predicted molar refractivity (Wildman–Crippen MR) is 94.4 cm³/mol. The minimum Gasteiger partial charge on any atom is -0.480 e. The summed E-state index contributed by atoms with van der Waals surface area (Å²) in [5.74, 6) is -1.61. The van der Waals surface area contributed by atoms with Crippen LogP contribution < -0.4 is 5.32 Å². The van der Waals surface area contributed by atoms with Crippen LogP contribution in [-0.2, 0) is 24.2 Å². The summed E-state index contributed by atoms with van der Waals surface area (Å²) in [6.07, 6.45) is 2.16. The molecule has 0 bridgehead atoms. The standard InChI is InChI=1S/C19H18F2N4O2/c20-11-8-22-19(23-9-11)18(21)24-12-5-6-16-14(7-12)13-3-1-2-4-15(13)25(16)10-17(26)27/h1-4,8-9,12,18,24H,5-7,10H2,(H,26,27)/t12-,18+/m1/s1. The van der Waals surface area contributed by atoms with E-state index in [1.54, 1.807) is 0 Å². The van der Waals surface area contributed by atoms with Crippen molar-refractivity contribution in [3.05, 3.63) is 59.6 Å². The van der Waals surface area contributed by atoms with Gasteiger partial charge in [-0.15, -0.1) is 0 Å². The van der Waals surface area contributed by atoms with Gasteiger partial charge in [0.1, 0.15) is 6.54 Å². The highest BCUT2D eigenvalue weighted by atomic mass is 19.1. The number of alkyl halides is 1. The molecule has 0 saturated heterocycles. The lowest BCUT2D eigenvalue weighted by molar-refractivity contribution is -0.137. The molecule has 0 amide bonds. The van der Waals surface area contributed by atoms with E-state index in [1.165, 1.54) is 0 Å². The highest BCUT2D eigenvalue weighted by molar-refractivity contribution is 5.87. The van der Waals surface area contributed by atoms with Crippen LogP contribution in [0.5, 0.6) is 0 Å². The number of carboxylic acids is 1. The van der Waals surface area contributed by atoms with E-state index >= 15 is 0 Å². The first-order valence-electron chi connectivity index (χ1n) is 8.71. The molecule has 0 radical (unpaired) electrons. The van der Waals surface area contributed by atoms with Gasteiger partial charge in [-0.3, -0.25) is 10.1 Å². The first-order chi connectivity index (χ1) is 13.0. The molecule has 4 rings (SSSR count). The molecule has 27 heavy (non-hydrogen) atoms. The van der Waals surface area contributed by atoms with Gasteiger partial charge in [-0.2, -0.15) is 0 Å². The van der Waals surface area contributed by atoms with Crippen LogP contribution in [0.2, 0.25) is 0 Å². The largest absolute Gasteiger partial charge is 0.480 e. The number of aliphatic carboxylic acids is 1.